The molecule has 0 amide bonds. The number of halogens is 4. The van der Waals surface area contributed by atoms with Crippen molar-refractivity contribution in [1.82, 2.24) is 58.6 Å². The normalized spacial score (nSPS) is 35.6. The summed E-state index contributed by atoms with van der Waals surface area (Å²) in [6.07, 6.45) is 19.4. The Balaban J connectivity index is 0.000000120. The molecule has 10 aliphatic carbocycles. The molecular formula is C65H84Cl4N14O9. The Morgan fingerprint density at radius 2 is 0.837 bits per heavy atom. The molecule has 2 aliphatic heterocycles. The molecule has 0 radical (unpaired) electrons. The number of nitrogens with one attached hydrogen (secondary N) is 2. The molecule has 2 saturated heterocycles. The summed E-state index contributed by atoms with van der Waals surface area (Å²) in [5.74, 6) is 3.01. The maximum Gasteiger partial charge on any atom is 0.226 e. The monoisotopic (exact) mass is 1340 g/mol. The summed E-state index contributed by atoms with van der Waals surface area (Å²) in [7, 11) is 0. The number of aromatic nitrogens is 12. The van der Waals surface area contributed by atoms with Crippen LogP contribution in [-0.4, -0.2) is 146 Å². The van der Waals surface area contributed by atoms with Gasteiger partial charge in [0.2, 0.25) is 15.9 Å². The van der Waals surface area contributed by atoms with Crippen LogP contribution in [0, 0.1) is 57.7 Å². The number of carbonyl (C=O) groups excluding carboxylic acids is 3. The second-order valence-corrected chi connectivity index (χ2v) is 30.6. The van der Waals surface area contributed by atoms with Crippen LogP contribution in [0.1, 0.15) is 178 Å². The lowest BCUT2D eigenvalue weighted by atomic mass is 9.68. The third-order valence-corrected chi connectivity index (χ3v) is 24.6. The van der Waals surface area contributed by atoms with Gasteiger partial charge in [-0.2, -0.15) is 24.9 Å². The van der Waals surface area contributed by atoms with Crippen molar-refractivity contribution in [3.05, 3.63) is 40.0 Å². The first kappa shape index (κ1) is 64.5. The number of carbonyl (C=O) groups is 3. The van der Waals surface area contributed by atoms with Crippen LogP contribution in [0.4, 0.5) is 11.6 Å². The summed E-state index contributed by atoms with van der Waals surface area (Å²) in [5, 5.41) is 29.4. The van der Waals surface area contributed by atoms with Crippen molar-refractivity contribution >= 4 is 109 Å². The van der Waals surface area contributed by atoms with E-state index in [1.807, 2.05) is 38.6 Å². The minimum atomic E-state index is -1.08. The number of fused-ring (bicyclic) bond motifs is 10. The average molecular weight is 1350 g/mol. The standard InChI is InChI=1S/C25H32ClN5O3.C22H28ClN5O3.C16H16Cl2N4O3.2CH4/c1-12(32)25-10-15(25)18(19-20(25)34-24(2,3)33-19)31-11-27-17-21(29-23(26)30-22(17)31)28-16(13-6-4-7-13)14-8-5-9-14;1-10(29)22-8-13(22)16(17(30)18(22)31)28-9-24-15-19(26-21(23)27-20(15)28)25-14(11-4-2-5-11)12-6-3-7-12;1-6(23)16-4-7(16)9(10-11(16)25-15(2,3)24-10)22-5-19-8-12(17)20-14(18)21-13(8)22;;/h11,13-16,18-20H,4-10H2,1-3H3,(H,28,29,30);9,11-14,16-18,30-31H,2-8H2,1H3,(H,25,26,27);5,7,9-11H,4H2,1-3H3;2*1H4/t15-,18-,19-,20?,25+;13-,16-,17-,18?,22+;7-,9-,10-,11?,16+;;/m111../s1. The van der Waals surface area contributed by atoms with E-state index in [1.54, 1.807) is 31.1 Å². The summed E-state index contributed by atoms with van der Waals surface area (Å²) in [4.78, 5) is 77.4. The molecule has 0 aromatic carbocycles. The van der Waals surface area contributed by atoms with Crippen molar-refractivity contribution in [3.8, 4) is 0 Å². The molecule has 23 nitrogen and oxygen atoms in total. The topological polar surface area (TPSA) is 283 Å². The Kier molecular flexibility index (Phi) is 15.9. The fraction of sp³-hybridized carbons (Fsp3) is 0.723. The van der Waals surface area contributed by atoms with Crippen LogP contribution in [0.2, 0.25) is 21.0 Å². The number of ether oxygens (including phenoxy) is 4. The largest absolute Gasteiger partial charge is 0.389 e. The van der Waals surface area contributed by atoms with Crippen molar-refractivity contribution in [2.24, 2.45) is 57.7 Å². The number of rotatable bonds is 14. The van der Waals surface area contributed by atoms with Gasteiger partial charge in [0, 0.05) is 12.1 Å². The van der Waals surface area contributed by atoms with Crippen LogP contribution in [0.3, 0.4) is 0 Å². The van der Waals surface area contributed by atoms with Gasteiger partial charge in [-0.25, -0.2) is 19.9 Å². The second-order valence-electron chi connectivity index (χ2n) is 29.2. The zero-order valence-electron chi connectivity index (χ0n) is 51.4. The lowest BCUT2D eigenvalue weighted by Gasteiger charge is -2.43. The Morgan fingerprint density at radius 1 is 0.500 bits per heavy atom. The molecule has 15 atom stereocenters. The zero-order valence-corrected chi connectivity index (χ0v) is 54.4. The maximum atomic E-state index is 12.7. The molecule has 8 heterocycles. The van der Waals surface area contributed by atoms with Gasteiger partial charge in [-0.05, 0) is 195 Å². The van der Waals surface area contributed by atoms with Crippen molar-refractivity contribution < 1.29 is 43.5 Å². The van der Waals surface area contributed by atoms with Crippen LogP contribution in [0.15, 0.2) is 19.0 Å². The first-order valence-corrected chi connectivity index (χ1v) is 33.9. The fourth-order valence-electron chi connectivity index (χ4n) is 18.4. The quantitative estimate of drug-likeness (QED) is 0.0582. The second kappa shape index (κ2) is 22.6. The van der Waals surface area contributed by atoms with Crippen LogP contribution < -0.4 is 10.6 Å². The Hall–Kier alpha value is -4.82. The van der Waals surface area contributed by atoms with Gasteiger partial charge in [0.25, 0.3) is 0 Å². The summed E-state index contributed by atoms with van der Waals surface area (Å²) in [5.41, 5.74) is 1.82. The van der Waals surface area contributed by atoms with Crippen molar-refractivity contribution in [3.63, 3.8) is 0 Å². The van der Waals surface area contributed by atoms with Gasteiger partial charge in [-0.3, -0.25) is 14.4 Å². The minimum Gasteiger partial charge on any atom is -0.389 e. The van der Waals surface area contributed by atoms with E-state index in [-0.39, 0.29) is 107 Å². The Bertz CT molecular complexity index is 3920. The first-order valence-electron chi connectivity index (χ1n) is 32.4. The first-order chi connectivity index (χ1) is 42.9. The number of ketones is 3. The summed E-state index contributed by atoms with van der Waals surface area (Å²) in [6, 6.07) is 0.140. The van der Waals surface area contributed by atoms with Gasteiger partial charge in [-0.15, -0.1) is 0 Å². The van der Waals surface area contributed by atoms with Crippen LogP contribution >= 0.6 is 46.4 Å². The van der Waals surface area contributed by atoms with E-state index in [2.05, 4.69) is 55.1 Å². The molecule has 10 saturated carbocycles. The molecule has 6 aromatic rings. The van der Waals surface area contributed by atoms with Gasteiger partial charge in [-0.1, -0.05) is 52.1 Å². The van der Waals surface area contributed by atoms with Gasteiger partial charge in [0.1, 0.15) is 53.4 Å². The highest BCUT2D eigenvalue weighted by molar-refractivity contribution is 6.35. The SMILES string of the molecule is C.C.CC(=O)[C@@]12C[C@@H]1[C@@H](n1cnc3c(Cl)nc(Cl)nc31)[C@H]1OC(C)(C)OC12.CC(=O)[C@@]12C[C@@H]1[C@@H](n1cnc3c(NC(C4CCC4)C4CCC4)nc(Cl)nc31)[C@@H](O)C2O.CC(=O)[C@@]12C[C@@H]1[C@@H](n1cnc3c(NC(C4CCC4)C4CCC4)nc(Cl)nc31)[C@H]1OC(C)(C)OC12. The number of nitrogens with zero attached hydrogens (tertiary/aromatic N) is 12. The molecule has 12 aliphatic rings. The molecule has 6 aromatic heterocycles. The highest BCUT2D eigenvalue weighted by Crippen LogP contribution is 2.74. The highest BCUT2D eigenvalue weighted by atomic mass is 35.5. The number of Topliss-reactive ketones (excluding diaryl/α,β-unsaturated/α-hetero) is 3. The van der Waals surface area contributed by atoms with Crippen molar-refractivity contribution in [2.75, 3.05) is 10.6 Å². The number of aliphatic hydroxyl groups excluding tert-OH is 2. The lowest BCUT2D eigenvalue weighted by molar-refractivity contribution is -0.164. The molecule has 3 unspecified atom stereocenters. The minimum absolute atomic E-state index is 0. The van der Waals surface area contributed by atoms with Gasteiger partial charge in [0.15, 0.2) is 56.3 Å². The van der Waals surface area contributed by atoms with Crippen molar-refractivity contribution in [1.29, 1.82) is 0 Å². The molecule has 0 bridgehead atoms. The van der Waals surface area contributed by atoms with Gasteiger partial charge < -0.3 is 53.5 Å². The van der Waals surface area contributed by atoms with Gasteiger partial charge in [0.05, 0.1) is 59.5 Å². The zero-order chi connectivity index (χ0) is 62.6. The summed E-state index contributed by atoms with van der Waals surface area (Å²) >= 11 is 24.9. The number of anilines is 2. The molecule has 496 valence electrons. The smallest absolute Gasteiger partial charge is 0.226 e. The molecule has 92 heavy (non-hydrogen) atoms. The number of hydrogen-bond acceptors (Lipinski definition) is 20. The van der Waals surface area contributed by atoms with Crippen LogP contribution in [0.5, 0.6) is 0 Å². The number of hydrogen-bond donors (Lipinski definition) is 4. The Labute approximate surface area is 554 Å². The van der Waals surface area contributed by atoms with Gasteiger partial charge >= 0.3 is 0 Å². The van der Waals surface area contributed by atoms with E-state index in [0.29, 0.717) is 76.0 Å². The highest BCUT2D eigenvalue weighted by Gasteiger charge is 2.80. The third-order valence-electron chi connectivity index (χ3n) is 23.9. The van der Waals surface area contributed by atoms with E-state index in [1.165, 1.54) is 84.0 Å². The molecule has 18 rings (SSSR count). The van der Waals surface area contributed by atoms with E-state index in [9.17, 15) is 24.6 Å². The lowest BCUT2D eigenvalue weighted by Crippen LogP contribution is -2.42. The van der Waals surface area contributed by atoms with E-state index in [4.69, 9.17) is 70.3 Å². The van der Waals surface area contributed by atoms with Crippen LogP contribution in [-0.2, 0) is 33.3 Å². The number of aliphatic hydroxyl groups is 2. The average Bonchev–Trinajstić information content (AvgIpc) is 1.51. The third kappa shape index (κ3) is 9.72. The molecular weight excluding hydrogens is 1260 g/mol. The van der Waals surface area contributed by atoms with Crippen LogP contribution in [0.25, 0.3) is 33.5 Å². The molecule has 0 spiro atoms. The molecule has 4 N–H and O–H groups in total. The fourth-order valence-corrected chi connectivity index (χ4v) is 19.1. The predicted octanol–water partition coefficient (Wildman–Crippen LogP) is 11.3. The maximum absolute atomic E-state index is 12.7. The van der Waals surface area contributed by atoms with Crippen molar-refractivity contribution in [2.45, 2.75) is 238 Å². The van der Waals surface area contributed by atoms with E-state index < -0.39 is 46.1 Å². The predicted molar refractivity (Wildman–Crippen MR) is 344 cm³/mol. The molecule has 12 fully saturated rings. The van der Waals surface area contributed by atoms with E-state index in [0.717, 1.165) is 24.2 Å². The van der Waals surface area contributed by atoms with E-state index >= 15 is 0 Å². The number of imidazole rings is 3. The summed E-state index contributed by atoms with van der Waals surface area (Å²) in [6.45, 7) is 12.4. The molecule has 27 heteroatoms. The Morgan fingerprint density at radius 3 is 1.20 bits per heavy atom. The summed E-state index contributed by atoms with van der Waals surface area (Å²) < 4.78 is 30.7.